The van der Waals surface area contributed by atoms with Gasteiger partial charge in [0.1, 0.15) is 0 Å². The summed E-state index contributed by atoms with van der Waals surface area (Å²) < 4.78 is 2.71. The topological polar surface area (TPSA) is 0 Å². The second-order valence-electron chi connectivity index (χ2n) is 8.72. The van der Waals surface area contributed by atoms with Gasteiger partial charge in [-0.25, -0.2) is 0 Å². The Morgan fingerprint density at radius 1 is 0.517 bits per heavy atom. The molecule has 0 fully saturated rings. The molecule has 142 valence electrons. The highest BCUT2D eigenvalue weighted by molar-refractivity contribution is 7.25. The van der Waals surface area contributed by atoms with E-state index in [-0.39, 0.29) is 0 Å². The minimum atomic E-state index is -1.30. The Kier molecular flexibility index (Phi) is 4.42. The molecule has 0 aliphatic carbocycles. The highest BCUT2D eigenvalue weighted by Crippen LogP contribution is 2.36. The molecule has 0 spiro atoms. The van der Waals surface area contributed by atoms with Gasteiger partial charge in [-0.1, -0.05) is 97.6 Å². The van der Waals surface area contributed by atoms with Crippen LogP contribution in [0.4, 0.5) is 0 Å². The Morgan fingerprint density at radius 2 is 1.14 bits per heavy atom. The van der Waals surface area contributed by atoms with Gasteiger partial charge in [-0.05, 0) is 40.5 Å². The lowest BCUT2D eigenvalue weighted by Crippen LogP contribution is -2.37. The molecular formula is C27H24SSi. The standard InChI is InChI=1S/C27H24SSi/c1-29(2,3)23-8-6-7-21(17-23)19-11-13-20(14-12-19)22-15-16-27-25(18-22)24-9-4-5-10-26(24)28-27/h4-18H,1-3H3. The maximum atomic E-state index is 2.40. The smallest absolute Gasteiger partial charge is 0.0776 e. The first kappa shape index (κ1) is 18.4. The largest absolute Gasteiger partial charge is 0.135 e. The Hall–Kier alpha value is -2.68. The Morgan fingerprint density at radius 3 is 1.86 bits per heavy atom. The van der Waals surface area contributed by atoms with Gasteiger partial charge in [0.25, 0.3) is 0 Å². The first-order chi connectivity index (χ1) is 14.0. The van der Waals surface area contributed by atoms with Gasteiger partial charge in [0.2, 0.25) is 0 Å². The van der Waals surface area contributed by atoms with Crippen molar-refractivity contribution in [2.45, 2.75) is 19.6 Å². The SMILES string of the molecule is C[Si](C)(C)c1cccc(-c2ccc(-c3ccc4sc5ccccc5c4c3)cc2)c1. The van der Waals surface area contributed by atoms with E-state index in [0.29, 0.717) is 0 Å². The number of hydrogen-bond acceptors (Lipinski definition) is 1. The van der Waals surface area contributed by atoms with Crippen molar-refractivity contribution < 1.29 is 0 Å². The highest BCUT2D eigenvalue weighted by atomic mass is 32.1. The van der Waals surface area contributed by atoms with Crippen LogP contribution in [-0.4, -0.2) is 8.07 Å². The third-order valence-electron chi connectivity index (χ3n) is 5.66. The van der Waals surface area contributed by atoms with Crippen LogP contribution >= 0.6 is 11.3 Å². The minimum Gasteiger partial charge on any atom is -0.135 e. The molecule has 0 radical (unpaired) electrons. The van der Waals surface area contributed by atoms with Crippen LogP contribution in [0.2, 0.25) is 19.6 Å². The molecule has 0 amide bonds. The van der Waals surface area contributed by atoms with Crippen LogP contribution in [0, 0.1) is 0 Å². The summed E-state index contributed by atoms with van der Waals surface area (Å²) >= 11 is 1.87. The molecule has 0 saturated carbocycles. The summed E-state index contributed by atoms with van der Waals surface area (Å²) in [5.41, 5.74) is 5.16. The maximum absolute atomic E-state index is 2.40. The van der Waals surface area contributed by atoms with Crippen molar-refractivity contribution in [3.05, 3.63) is 91.0 Å². The number of rotatable bonds is 3. The number of hydrogen-bond donors (Lipinski definition) is 0. The molecule has 0 unspecified atom stereocenters. The number of fused-ring (bicyclic) bond motifs is 3. The van der Waals surface area contributed by atoms with E-state index >= 15 is 0 Å². The zero-order valence-corrected chi connectivity index (χ0v) is 18.9. The summed E-state index contributed by atoms with van der Waals surface area (Å²) in [5.74, 6) is 0. The average Bonchev–Trinajstić information content (AvgIpc) is 3.11. The summed E-state index contributed by atoms with van der Waals surface area (Å²) in [4.78, 5) is 0. The van der Waals surface area contributed by atoms with Crippen molar-refractivity contribution in [3.8, 4) is 22.3 Å². The third kappa shape index (κ3) is 3.43. The Bertz CT molecular complexity index is 1320. The first-order valence-electron chi connectivity index (χ1n) is 10.1. The quantitative estimate of drug-likeness (QED) is 0.266. The van der Waals surface area contributed by atoms with Crippen LogP contribution in [0.15, 0.2) is 91.0 Å². The summed E-state index contributed by atoms with van der Waals surface area (Å²) in [6, 6.07) is 33.7. The predicted octanol–water partition coefficient (Wildman–Crippen LogP) is 7.93. The van der Waals surface area contributed by atoms with Gasteiger partial charge >= 0.3 is 0 Å². The van der Waals surface area contributed by atoms with E-state index in [9.17, 15) is 0 Å². The zero-order valence-electron chi connectivity index (χ0n) is 17.1. The van der Waals surface area contributed by atoms with Gasteiger partial charge in [0, 0.05) is 20.2 Å². The molecular weight excluding hydrogens is 384 g/mol. The van der Waals surface area contributed by atoms with Crippen molar-refractivity contribution in [1.29, 1.82) is 0 Å². The zero-order chi connectivity index (χ0) is 20.0. The molecule has 4 aromatic carbocycles. The maximum Gasteiger partial charge on any atom is 0.0776 e. The van der Waals surface area contributed by atoms with E-state index in [1.807, 2.05) is 11.3 Å². The van der Waals surface area contributed by atoms with Crippen LogP contribution in [0.5, 0.6) is 0 Å². The first-order valence-corrected chi connectivity index (χ1v) is 14.4. The molecule has 0 nitrogen and oxygen atoms in total. The summed E-state index contributed by atoms with van der Waals surface area (Å²) in [6.07, 6.45) is 0. The summed E-state index contributed by atoms with van der Waals surface area (Å²) in [7, 11) is -1.30. The monoisotopic (exact) mass is 408 g/mol. The lowest BCUT2D eigenvalue weighted by molar-refractivity contribution is 1.60. The molecule has 5 aromatic rings. The Labute approximate surface area is 177 Å². The van der Waals surface area contributed by atoms with E-state index in [1.165, 1.54) is 47.6 Å². The van der Waals surface area contributed by atoms with E-state index in [1.54, 1.807) is 0 Å². The molecule has 29 heavy (non-hydrogen) atoms. The molecule has 0 aliphatic rings. The van der Waals surface area contributed by atoms with Crippen molar-refractivity contribution >= 4 is 44.8 Å². The van der Waals surface area contributed by atoms with Gasteiger partial charge in [-0.2, -0.15) is 0 Å². The fourth-order valence-corrected chi connectivity index (χ4v) is 6.20. The fourth-order valence-electron chi connectivity index (χ4n) is 3.93. The van der Waals surface area contributed by atoms with E-state index < -0.39 is 8.07 Å². The molecule has 0 aliphatic heterocycles. The normalized spacial score (nSPS) is 12.0. The van der Waals surface area contributed by atoms with Crippen LogP contribution in [0.3, 0.4) is 0 Å². The molecule has 1 aromatic heterocycles. The van der Waals surface area contributed by atoms with Gasteiger partial charge in [0.15, 0.2) is 0 Å². The molecule has 5 rings (SSSR count). The van der Waals surface area contributed by atoms with E-state index in [4.69, 9.17) is 0 Å². The minimum absolute atomic E-state index is 1.27. The van der Waals surface area contributed by atoms with Gasteiger partial charge in [-0.3, -0.25) is 0 Å². The molecule has 1 heterocycles. The van der Waals surface area contributed by atoms with Gasteiger partial charge in [0.05, 0.1) is 8.07 Å². The molecule has 0 N–H and O–H groups in total. The average molecular weight is 409 g/mol. The van der Waals surface area contributed by atoms with Crippen LogP contribution in [-0.2, 0) is 0 Å². The van der Waals surface area contributed by atoms with Crippen LogP contribution in [0.1, 0.15) is 0 Å². The summed E-state index contributed by atoms with van der Waals surface area (Å²) in [5, 5.41) is 4.22. The van der Waals surface area contributed by atoms with Crippen LogP contribution in [0.25, 0.3) is 42.4 Å². The lowest BCUT2D eigenvalue weighted by atomic mass is 9.99. The van der Waals surface area contributed by atoms with E-state index in [0.717, 1.165) is 0 Å². The van der Waals surface area contributed by atoms with Crippen LogP contribution < -0.4 is 5.19 Å². The van der Waals surface area contributed by atoms with Crippen molar-refractivity contribution in [3.63, 3.8) is 0 Å². The lowest BCUT2D eigenvalue weighted by Gasteiger charge is -2.17. The van der Waals surface area contributed by atoms with Gasteiger partial charge < -0.3 is 0 Å². The predicted molar refractivity (Wildman–Crippen MR) is 133 cm³/mol. The summed E-state index contributed by atoms with van der Waals surface area (Å²) in [6.45, 7) is 7.21. The van der Waals surface area contributed by atoms with Crippen molar-refractivity contribution in [2.24, 2.45) is 0 Å². The second-order valence-corrected chi connectivity index (χ2v) is 14.9. The molecule has 0 bridgehead atoms. The fraction of sp³-hybridized carbons (Fsp3) is 0.111. The second kappa shape index (κ2) is 6.98. The van der Waals surface area contributed by atoms with E-state index in [2.05, 4.69) is 111 Å². The van der Waals surface area contributed by atoms with Gasteiger partial charge in [-0.15, -0.1) is 11.3 Å². The Balaban J connectivity index is 1.53. The molecule has 0 atom stereocenters. The third-order valence-corrected chi connectivity index (χ3v) is 8.85. The molecule has 0 saturated heterocycles. The highest BCUT2D eigenvalue weighted by Gasteiger charge is 2.16. The number of thiophene rings is 1. The van der Waals surface area contributed by atoms with Crippen molar-refractivity contribution in [1.82, 2.24) is 0 Å². The van der Waals surface area contributed by atoms with Crippen molar-refractivity contribution in [2.75, 3.05) is 0 Å². The number of benzene rings is 4. The molecule has 2 heteroatoms.